The number of nitrogens with one attached hydrogen (secondary N) is 1. The van der Waals surface area contributed by atoms with Gasteiger partial charge in [0.15, 0.2) is 0 Å². The lowest BCUT2D eigenvalue weighted by Crippen LogP contribution is -2.39. The van der Waals surface area contributed by atoms with Crippen LogP contribution in [0.2, 0.25) is 0 Å². The second-order valence-electron chi connectivity index (χ2n) is 4.06. The molecule has 3 heteroatoms. The lowest BCUT2D eigenvalue weighted by molar-refractivity contribution is 0.558. The quantitative estimate of drug-likeness (QED) is 0.741. The predicted octanol–water partition coefficient (Wildman–Crippen LogP) is 1.78. The normalized spacial score (nSPS) is 21.2. The fourth-order valence-electron chi connectivity index (χ4n) is 1.04. The average Bonchev–Trinajstić information content (AvgIpc) is 2.12. The second-order valence-corrected chi connectivity index (χ2v) is 6.20. The zero-order valence-corrected chi connectivity index (χ0v) is 10.4. The van der Waals surface area contributed by atoms with E-state index in [4.69, 9.17) is 0 Å². The molecule has 0 rings (SSSR count). The van der Waals surface area contributed by atoms with Crippen molar-refractivity contribution in [1.82, 2.24) is 5.32 Å². The fourth-order valence-corrected chi connectivity index (χ4v) is 2.79. The third-order valence-corrected chi connectivity index (χ3v) is 5.25. The van der Waals surface area contributed by atoms with Gasteiger partial charge < -0.3 is 5.32 Å². The molecule has 2 nitrogen and oxygen atoms in total. The summed E-state index contributed by atoms with van der Waals surface area (Å²) in [5, 5.41) is 3.65. The zero-order chi connectivity index (χ0) is 10.6. The van der Waals surface area contributed by atoms with E-state index in [9.17, 15) is 4.21 Å². The van der Waals surface area contributed by atoms with Crippen molar-refractivity contribution in [3.05, 3.63) is 0 Å². The first kappa shape index (κ1) is 13.1. The monoisotopic (exact) mass is 205 g/mol. The lowest BCUT2D eigenvalue weighted by atomic mass is 10.2. The van der Waals surface area contributed by atoms with Gasteiger partial charge in [0, 0.05) is 27.3 Å². The minimum absolute atomic E-state index is 0.224. The van der Waals surface area contributed by atoms with Gasteiger partial charge in [0.05, 0.1) is 0 Å². The van der Waals surface area contributed by atoms with Crippen LogP contribution < -0.4 is 5.32 Å². The average molecular weight is 205 g/mol. The number of rotatable bonds is 5. The van der Waals surface area contributed by atoms with Crippen molar-refractivity contribution < 1.29 is 4.21 Å². The van der Waals surface area contributed by atoms with Crippen LogP contribution in [0, 0.1) is 5.92 Å². The topological polar surface area (TPSA) is 29.1 Å². The van der Waals surface area contributed by atoms with Gasteiger partial charge in [0.2, 0.25) is 0 Å². The maximum absolute atomic E-state index is 12.0. The van der Waals surface area contributed by atoms with E-state index in [0.29, 0.717) is 12.0 Å². The molecule has 0 aromatic heterocycles. The predicted molar refractivity (Wildman–Crippen MR) is 60.4 cm³/mol. The van der Waals surface area contributed by atoms with Crippen molar-refractivity contribution in [3.8, 4) is 0 Å². The van der Waals surface area contributed by atoms with Crippen LogP contribution >= 0.6 is 0 Å². The van der Waals surface area contributed by atoms with Crippen molar-refractivity contribution >= 4 is 10.8 Å². The molecule has 0 aromatic rings. The molecule has 0 aliphatic carbocycles. The Morgan fingerprint density at radius 1 is 1.00 bits per heavy atom. The van der Waals surface area contributed by atoms with Crippen LogP contribution in [0.5, 0.6) is 0 Å². The highest BCUT2D eigenvalue weighted by Gasteiger charge is 2.24. The van der Waals surface area contributed by atoms with Crippen molar-refractivity contribution in [2.75, 3.05) is 7.05 Å². The van der Waals surface area contributed by atoms with Crippen LogP contribution in [-0.2, 0) is 10.8 Å². The standard InChI is InChI=1S/C10H23NOS/c1-7(2)9(4)13(12)10(5)8(3)11-6/h7-11H,1-6H3. The third-order valence-electron chi connectivity index (χ3n) is 2.83. The minimum Gasteiger partial charge on any atom is -0.316 e. The molecule has 80 valence electrons. The summed E-state index contributed by atoms with van der Waals surface area (Å²) >= 11 is 0. The molecule has 0 amide bonds. The highest BCUT2D eigenvalue weighted by molar-refractivity contribution is 7.86. The van der Waals surface area contributed by atoms with E-state index in [1.165, 1.54) is 0 Å². The Morgan fingerprint density at radius 2 is 1.46 bits per heavy atom. The molecule has 0 saturated heterocycles. The molecule has 0 spiro atoms. The molecule has 0 fully saturated rings. The third kappa shape index (κ3) is 3.77. The highest BCUT2D eigenvalue weighted by Crippen LogP contribution is 2.14. The van der Waals surface area contributed by atoms with E-state index in [1.54, 1.807) is 0 Å². The summed E-state index contributed by atoms with van der Waals surface area (Å²) in [6.45, 7) is 10.4. The molecule has 0 radical (unpaired) electrons. The molecular weight excluding hydrogens is 182 g/mol. The first-order valence-corrected chi connectivity index (χ1v) is 6.26. The Labute approximate surface area is 84.9 Å². The molecule has 0 aliphatic heterocycles. The van der Waals surface area contributed by atoms with Gasteiger partial charge in [0.25, 0.3) is 0 Å². The Morgan fingerprint density at radius 3 is 1.77 bits per heavy atom. The van der Waals surface area contributed by atoms with Gasteiger partial charge in [-0.25, -0.2) is 0 Å². The highest BCUT2D eigenvalue weighted by atomic mass is 32.2. The minimum atomic E-state index is -0.732. The summed E-state index contributed by atoms with van der Waals surface area (Å²) in [6, 6.07) is 0.321. The van der Waals surface area contributed by atoms with E-state index in [0.717, 1.165) is 0 Å². The van der Waals surface area contributed by atoms with Gasteiger partial charge in [-0.2, -0.15) is 0 Å². The van der Waals surface area contributed by atoms with Gasteiger partial charge in [0.1, 0.15) is 0 Å². The molecule has 4 atom stereocenters. The Bertz CT molecular complexity index is 170. The van der Waals surface area contributed by atoms with Crippen LogP contribution in [0.1, 0.15) is 34.6 Å². The Kier molecular flexibility index (Phi) is 5.81. The van der Waals surface area contributed by atoms with Crippen molar-refractivity contribution in [2.45, 2.75) is 51.2 Å². The van der Waals surface area contributed by atoms with E-state index < -0.39 is 10.8 Å². The first-order chi connectivity index (χ1) is 5.91. The second kappa shape index (κ2) is 5.76. The van der Waals surface area contributed by atoms with Gasteiger partial charge in [-0.3, -0.25) is 4.21 Å². The van der Waals surface area contributed by atoms with Gasteiger partial charge in [-0.05, 0) is 26.8 Å². The van der Waals surface area contributed by atoms with E-state index in [2.05, 4.69) is 39.9 Å². The molecule has 13 heavy (non-hydrogen) atoms. The number of hydrogen-bond acceptors (Lipinski definition) is 2. The number of hydrogen-bond donors (Lipinski definition) is 1. The van der Waals surface area contributed by atoms with Crippen molar-refractivity contribution in [1.29, 1.82) is 0 Å². The van der Waals surface area contributed by atoms with Crippen molar-refractivity contribution in [3.63, 3.8) is 0 Å². The van der Waals surface area contributed by atoms with Crippen LogP contribution in [0.15, 0.2) is 0 Å². The maximum atomic E-state index is 12.0. The maximum Gasteiger partial charge on any atom is 0.0473 e. The molecule has 0 aliphatic rings. The summed E-state index contributed by atoms with van der Waals surface area (Å²) in [6.07, 6.45) is 0. The van der Waals surface area contributed by atoms with Gasteiger partial charge in [-0.1, -0.05) is 20.8 Å². The SMILES string of the molecule is CNC(C)C(C)S(=O)C(C)C(C)C. The Hall–Kier alpha value is 0.110. The first-order valence-electron chi connectivity index (χ1n) is 4.98. The smallest absolute Gasteiger partial charge is 0.0473 e. The van der Waals surface area contributed by atoms with Crippen LogP contribution in [-0.4, -0.2) is 27.8 Å². The van der Waals surface area contributed by atoms with Gasteiger partial charge in [-0.15, -0.1) is 0 Å². The fraction of sp³-hybridized carbons (Fsp3) is 1.00. The van der Waals surface area contributed by atoms with Crippen LogP contribution in [0.25, 0.3) is 0 Å². The summed E-state index contributed by atoms with van der Waals surface area (Å²) in [5.41, 5.74) is 0. The van der Waals surface area contributed by atoms with Gasteiger partial charge >= 0.3 is 0 Å². The zero-order valence-electron chi connectivity index (χ0n) is 9.63. The van der Waals surface area contributed by atoms with Crippen LogP contribution in [0.4, 0.5) is 0 Å². The van der Waals surface area contributed by atoms with E-state index >= 15 is 0 Å². The van der Waals surface area contributed by atoms with Crippen LogP contribution in [0.3, 0.4) is 0 Å². The molecule has 1 N–H and O–H groups in total. The molecule has 0 saturated carbocycles. The molecule has 4 unspecified atom stereocenters. The van der Waals surface area contributed by atoms with E-state index in [-0.39, 0.29) is 10.5 Å². The summed E-state index contributed by atoms with van der Waals surface area (Å²) in [4.78, 5) is 0. The molecular formula is C10H23NOS. The summed E-state index contributed by atoms with van der Waals surface area (Å²) in [7, 11) is 1.18. The Balaban J connectivity index is 4.25. The molecule has 0 bridgehead atoms. The van der Waals surface area contributed by atoms with Crippen molar-refractivity contribution in [2.24, 2.45) is 5.92 Å². The molecule has 0 heterocycles. The lowest BCUT2D eigenvalue weighted by Gasteiger charge is -2.24. The molecule has 0 aromatic carbocycles. The summed E-state index contributed by atoms with van der Waals surface area (Å²) in [5.74, 6) is 0.493. The van der Waals surface area contributed by atoms with E-state index in [1.807, 2.05) is 7.05 Å². The summed E-state index contributed by atoms with van der Waals surface area (Å²) < 4.78 is 12.0. The largest absolute Gasteiger partial charge is 0.316 e.